The number of fused-ring (bicyclic) bond motifs is 1. The zero-order chi connectivity index (χ0) is 26.2. The Morgan fingerprint density at radius 2 is 1.97 bits per heavy atom. The van der Waals surface area contributed by atoms with Gasteiger partial charge in [-0.1, -0.05) is 55.2 Å². The summed E-state index contributed by atoms with van der Waals surface area (Å²) in [6.45, 7) is 5.57. The molecule has 1 aliphatic heterocycles. The molecule has 1 amide bonds. The van der Waals surface area contributed by atoms with E-state index in [4.69, 9.17) is 4.74 Å². The number of aliphatic hydroxyl groups excluding tert-OH is 1. The Labute approximate surface area is 219 Å². The van der Waals surface area contributed by atoms with Crippen molar-refractivity contribution in [2.24, 2.45) is 5.92 Å². The third kappa shape index (κ3) is 6.94. The minimum atomic E-state index is -0.333. The fourth-order valence-electron chi connectivity index (χ4n) is 4.37. The molecule has 0 bridgehead atoms. The van der Waals surface area contributed by atoms with E-state index in [1.807, 2.05) is 62.5 Å². The van der Waals surface area contributed by atoms with Crippen molar-refractivity contribution in [3.63, 3.8) is 0 Å². The molecule has 1 aliphatic rings. The summed E-state index contributed by atoms with van der Waals surface area (Å²) < 4.78 is 6.39. The van der Waals surface area contributed by atoms with Gasteiger partial charge in [0.05, 0.1) is 18.3 Å². The maximum absolute atomic E-state index is 13.6. The zero-order valence-corrected chi connectivity index (χ0v) is 21.7. The van der Waals surface area contributed by atoms with E-state index in [1.165, 1.54) is 0 Å². The summed E-state index contributed by atoms with van der Waals surface area (Å²) in [5.41, 5.74) is 3.13. The van der Waals surface area contributed by atoms with Gasteiger partial charge in [-0.15, -0.1) is 0 Å². The number of benzene rings is 1. The van der Waals surface area contributed by atoms with Gasteiger partial charge in [0.2, 0.25) is 5.88 Å². The number of nitrogens with zero attached hydrogens (tertiary/aromatic N) is 4. The third-order valence-corrected chi connectivity index (χ3v) is 6.54. The molecule has 192 valence electrons. The van der Waals surface area contributed by atoms with E-state index < -0.39 is 0 Å². The first-order chi connectivity index (χ1) is 17.9. The molecule has 0 unspecified atom stereocenters. The summed E-state index contributed by atoms with van der Waals surface area (Å²) in [6, 6.07) is 17.3. The number of hydrogen-bond donors (Lipinski definition) is 1. The average Bonchev–Trinajstić information content (AvgIpc) is 2.91. The van der Waals surface area contributed by atoms with Gasteiger partial charge < -0.3 is 14.7 Å². The van der Waals surface area contributed by atoms with Crippen LogP contribution in [-0.2, 0) is 13.0 Å². The van der Waals surface area contributed by atoms with Gasteiger partial charge in [-0.2, -0.15) is 0 Å². The Hall–Kier alpha value is -3.73. The zero-order valence-electron chi connectivity index (χ0n) is 21.7. The van der Waals surface area contributed by atoms with E-state index >= 15 is 0 Å². The number of likely N-dealkylation sites (N-methyl/N-ethyl adjacent to an activating group) is 1. The van der Waals surface area contributed by atoms with E-state index in [2.05, 4.69) is 33.6 Å². The molecule has 3 atom stereocenters. The molecular weight excluding hydrogens is 464 g/mol. The number of aliphatic hydroxyl groups is 1. The molecule has 1 aromatic carbocycles. The molecule has 7 nitrogen and oxygen atoms in total. The second kappa shape index (κ2) is 12.5. The molecule has 0 fully saturated rings. The average molecular weight is 499 g/mol. The molecule has 7 heteroatoms. The molecule has 0 saturated heterocycles. The first kappa shape index (κ1) is 26.3. The molecule has 2 aromatic heterocycles. The Kier molecular flexibility index (Phi) is 8.89. The SMILES string of the molecule is C[C@@H]1CN([C@@H](C)CO)C(=O)c2cc(C#CCc3ccccc3)cnc2O[C@@H]1CN(C)Cc1ccccn1. The molecule has 4 rings (SSSR count). The lowest BCUT2D eigenvalue weighted by atomic mass is 10.00. The molecule has 0 saturated carbocycles. The van der Waals surface area contributed by atoms with Crippen LogP contribution in [0, 0.1) is 17.8 Å². The molecule has 0 aliphatic carbocycles. The lowest BCUT2D eigenvalue weighted by molar-refractivity contribution is 0.0324. The lowest BCUT2D eigenvalue weighted by Gasteiger charge is -2.37. The van der Waals surface area contributed by atoms with Crippen LogP contribution < -0.4 is 4.74 Å². The van der Waals surface area contributed by atoms with Gasteiger partial charge in [0.25, 0.3) is 5.91 Å². The van der Waals surface area contributed by atoms with Crippen LogP contribution in [0.1, 0.15) is 41.0 Å². The number of amides is 1. The molecular formula is C30H34N4O3. The summed E-state index contributed by atoms with van der Waals surface area (Å²) in [4.78, 5) is 26.4. The number of carbonyl (C=O) groups is 1. The number of aromatic nitrogens is 2. The van der Waals surface area contributed by atoms with E-state index in [1.54, 1.807) is 23.4 Å². The van der Waals surface area contributed by atoms with Crippen LogP contribution in [0.3, 0.4) is 0 Å². The highest BCUT2D eigenvalue weighted by molar-refractivity contribution is 5.97. The number of pyridine rings is 2. The number of rotatable bonds is 7. The van der Waals surface area contributed by atoms with Crippen LogP contribution in [-0.4, -0.2) is 69.7 Å². The van der Waals surface area contributed by atoms with Crippen molar-refractivity contribution >= 4 is 5.91 Å². The molecule has 0 spiro atoms. The van der Waals surface area contributed by atoms with Crippen LogP contribution in [0.25, 0.3) is 0 Å². The summed E-state index contributed by atoms with van der Waals surface area (Å²) in [5, 5.41) is 9.88. The maximum Gasteiger partial charge on any atom is 0.259 e. The summed E-state index contributed by atoms with van der Waals surface area (Å²) in [6.07, 6.45) is 3.85. The fraction of sp³-hybridized carbons (Fsp3) is 0.367. The van der Waals surface area contributed by atoms with Gasteiger partial charge in [0.15, 0.2) is 0 Å². The Bertz CT molecular complexity index is 1240. The van der Waals surface area contributed by atoms with Gasteiger partial charge in [-0.25, -0.2) is 4.98 Å². The minimum Gasteiger partial charge on any atom is -0.472 e. The largest absolute Gasteiger partial charge is 0.472 e. The number of carbonyl (C=O) groups excluding carboxylic acids is 1. The highest BCUT2D eigenvalue weighted by Crippen LogP contribution is 2.27. The van der Waals surface area contributed by atoms with Gasteiger partial charge >= 0.3 is 0 Å². The van der Waals surface area contributed by atoms with Crippen molar-refractivity contribution < 1.29 is 14.6 Å². The summed E-state index contributed by atoms with van der Waals surface area (Å²) in [7, 11) is 2.03. The summed E-state index contributed by atoms with van der Waals surface area (Å²) in [5.74, 6) is 6.42. The predicted molar refractivity (Wildman–Crippen MR) is 143 cm³/mol. The van der Waals surface area contributed by atoms with Crippen molar-refractivity contribution in [3.05, 3.63) is 89.4 Å². The standard InChI is InChI=1S/C30H34N4O3/c1-22-18-34(23(2)21-35)30(36)27-16-25(13-9-12-24-10-5-4-6-11-24)17-32-29(27)37-28(22)20-33(3)19-26-14-7-8-15-31-26/h4-8,10-11,14-17,22-23,28,35H,12,18-21H2,1-3H3/t22-,23+,28-/m1/s1. The topological polar surface area (TPSA) is 78.8 Å². The van der Waals surface area contributed by atoms with E-state index in [9.17, 15) is 9.90 Å². The first-order valence-corrected chi connectivity index (χ1v) is 12.6. The highest BCUT2D eigenvalue weighted by atomic mass is 16.5. The van der Waals surface area contributed by atoms with Crippen LogP contribution in [0.15, 0.2) is 67.0 Å². The molecule has 0 radical (unpaired) electrons. The van der Waals surface area contributed by atoms with Crippen LogP contribution in [0.5, 0.6) is 5.88 Å². The highest BCUT2D eigenvalue weighted by Gasteiger charge is 2.34. The second-order valence-corrected chi connectivity index (χ2v) is 9.68. The second-order valence-electron chi connectivity index (χ2n) is 9.68. The monoisotopic (exact) mass is 498 g/mol. The van der Waals surface area contributed by atoms with Crippen molar-refractivity contribution in [1.29, 1.82) is 0 Å². The Morgan fingerprint density at radius 1 is 1.19 bits per heavy atom. The summed E-state index contributed by atoms with van der Waals surface area (Å²) >= 11 is 0. The van der Waals surface area contributed by atoms with Crippen molar-refractivity contribution in [3.8, 4) is 17.7 Å². The number of ether oxygens (including phenoxy) is 1. The first-order valence-electron chi connectivity index (χ1n) is 12.6. The smallest absolute Gasteiger partial charge is 0.259 e. The lowest BCUT2D eigenvalue weighted by Crippen LogP contribution is -2.49. The molecule has 3 aromatic rings. The van der Waals surface area contributed by atoms with Crippen molar-refractivity contribution in [2.75, 3.05) is 26.7 Å². The Morgan fingerprint density at radius 3 is 2.70 bits per heavy atom. The van der Waals surface area contributed by atoms with E-state index in [-0.39, 0.29) is 30.6 Å². The minimum absolute atomic E-state index is 0.0180. The molecule has 3 heterocycles. The number of hydrogen-bond acceptors (Lipinski definition) is 6. The predicted octanol–water partition coefficient (Wildman–Crippen LogP) is 3.42. The van der Waals surface area contributed by atoms with Gasteiger partial charge in [0, 0.05) is 49.9 Å². The normalized spacial score (nSPS) is 18.2. The van der Waals surface area contributed by atoms with Crippen molar-refractivity contribution in [1.82, 2.24) is 19.8 Å². The van der Waals surface area contributed by atoms with Crippen LogP contribution in [0.4, 0.5) is 0 Å². The fourth-order valence-corrected chi connectivity index (χ4v) is 4.37. The Balaban J connectivity index is 1.59. The van der Waals surface area contributed by atoms with Crippen molar-refractivity contribution in [2.45, 2.75) is 39.0 Å². The van der Waals surface area contributed by atoms with Crippen LogP contribution >= 0.6 is 0 Å². The van der Waals surface area contributed by atoms with E-state index in [0.29, 0.717) is 43.1 Å². The van der Waals surface area contributed by atoms with Gasteiger partial charge in [-0.3, -0.25) is 14.7 Å². The molecule has 1 N–H and O–H groups in total. The third-order valence-electron chi connectivity index (χ3n) is 6.54. The quantitative estimate of drug-likeness (QED) is 0.503. The maximum atomic E-state index is 13.6. The van der Waals surface area contributed by atoms with Gasteiger partial charge in [-0.05, 0) is 37.7 Å². The van der Waals surface area contributed by atoms with Crippen LogP contribution in [0.2, 0.25) is 0 Å². The van der Waals surface area contributed by atoms with E-state index in [0.717, 1.165) is 11.3 Å². The molecule has 37 heavy (non-hydrogen) atoms. The van der Waals surface area contributed by atoms with Gasteiger partial charge in [0.1, 0.15) is 11.7 Å².